The highest BCUT2D eigenvalue weighted by molar-refractivity contribution is 5.93. The van der Waals surface area contributed by atoms with E-state index < -0.39 is 0 Å². The number of carbonyl (C=O) groups is 1. The molecule has 112 valence electrons. The monoisotopic (exact) mass is 287 g/mol. The van der Waals surface area contributed by atoms with Crippen LogP contribution in [0, 0.1) is 13.8 Å². The molecule has 0 aliphatic rings. The van der Waals surface area contributed by atoms with E-state index in [1.54, 1.807) is 13.0 Å². The van der Waals surface area contributed by atoms with Crippen molar-refractivity contribution < 1.29 is 9.32 Å². The number of aryl methyl sites for hydroxylation is 2. The first-order chi connectivity index (χ1) is 10.1. The number of carbonyl (C=O) groups excluding carboxylic acids is 1. The fourth-order valence-corrected chi connectivity index (χ4v) is 2.01. The lowest BCUT2D eigenvalue weighted by atomic mass is 10.1. The molecule has 1 atom stereocenters. The van der Waals surface area contributed by atoms with Crippen molar-refractivity contribution >= 4 is 11.7 Å². The molecule has 1 amide bonds. The maximum atomic E-state index is 12.2. The Labute approximate surface area is 124 Å². The van der Waals surface area contributed by atoms with E-state index in [0.717, 1.165) is 5.56 Å². The third kappa shape index (κ3) is 4.43. The maximum Gasteiger partial charge on any atom is 0.242 e. The van der Waals surface area contributed by atoms with Crippen LogP contribution in [0.4, 0.5) is 5.82 Å². The fourth-order valence-electron chi connectivity index (χ4n) is 2.01. The Hall–Kier alpha value is -2.14. The van der Waals surface area contributed by atoms with Gasteiger partial charge in [0.05, 0.1) is 6.04 Å². The van der Waals surface area contributed by atoms with E-state index in [0.29, 0.717) is 24.5 Å². The number of benzene rings is 1. The second-order valence-electron chi connectivity index (χ2n) is 5.14. The average molecular weight is 287 g/mol. The molecular formula is C16H21N3O2. The van der Waals surface area contributed by atoms with Gasteiger partial charge in [0.15, 0.2) is 5.82 Å². The van der Waals surface area contributed by atoms with Gasteiger partial charge in [-0.25, -0.2) is 0 Å². The van der Waals surface area contributed by atoms with E-state index in [9.17, 15) is 4.79 Å². The summed E-state index contributed by atoms with van der Waals surface area (Å²) in [5, 5.41) is 9.78. The molecule has 2 N–H and O–H groups in total. The normalized spacial score (nSPS) is 12.1. The Kier molecular flexibility index (Phi) is 5.11. The molecule has 0 saturated heterocycles. The largest absolute Gasteiger partial charge is 0.360 e. The lowest BCUT2D eigenvalue weighted by Crippen LogP contribution is -2.39. The van der Waals surface area contributed by atoms with E-state index in [4.69, 9.17) is 4.52 Å². The molecule has 0 spiro atoms. The summed E-state index contributed by atoms with van der Waals surface area (Å²) in [5.41, 5.74) is 2.38. The van der Waals surface area contributed by atoms with E-state index in [-0.39, 0.29) is 11.9 Å². The molecule has 2 rings (SSSR count). The minimum Gasteiger partial charge on any atom is -0.360 e. The molecular weight excluding hydrogens is 266 g/mol. The van der Waals surface area contributed by atoms with Gasteiger partial charge in [-0.3, -0.25) is 4.79 Å². The van der Waals surface area contributed by atoms with Crippen molar-refractivity contribution in [2.24, 2.45) is 0 Å². The average Bonchev–Trinajstić information content (AvgIpc) is 2.87. The predicted molar refractivity (Wildman–Crippen MR) is 82.0 cm³/mol. The number of aromatic nitrogens is 1. The van der Waals surface area contributed by atoms with Crippen molar-refractivity contribution in [3.05, 3.63) is 47.2 Å². The van der Waals surface area contributed by atoms with Gasteiger partial charge in [0, 0.05) is 12.6 Å². The number of anilines is 1. The number of hydrogen-bond donors (Lipinski definition) is 2. The second-order valence-corrected chi connectivity index (χ2v) is 5.14. The number of nitrogens with one attached hydrogen (secondary N) is 2. The Bertz CT molecular complexity index is 590. The lowest BCUT2D eigenvalue weighted by Gasteiger charge is -2.15. The molecule has 21 heavy (non-hydrogen) atoms. The third-order valence-electron chi connectivity index (χ3n) is 3.28. The zero-order valence-electron chi connectivity index (χ0n) is 12.6. The topological polar surface area (TPSA) is 67.2 Å². The van der Waals surface area contributed by atoms with Crippen molar-refractivity contribution in [1.29, 1.82) is 0 Å². The van der Waals surface area contributed by atoms with Crippen LogP contribution in [-0.4, -0.2) is 17.1 Å². The Morgan fingerprint density at radius 1 is 1.29 bits per heavy atom. The van der Waals surface area contributed by atoms with Crippen molar-refractivity contribution in [2.45, 2.75) is 39.8 Å². The zero-order chi connectivity index (χ0) is 15.2. The summed E-state index contributed by atoms with van der Waals surface area (Å²) in [6.45, 7) is 6.47. The first kappa shape index (κ1) is 15.3. The number of nitrogens with zero attached hydrogens (tertiary/aromatic N) is 1. The van der Waals surface area contributed by atoms with Crippen LogP contribution >= 0.6 is 0 Å². The molecule has 0 aliphatic heterocycles. The molecule has 0 bridgehead atoms. The molecule has 0 fully saturated rings. The molecule has 2 aromatic rings. The van der Waals surface area contributed by atoms with Gasteiger partial charge in [-0.2, -0.15) is 0 Å². The van der Waals surface area contributed by atoms with Gasteiger partial charge in [0.2, 0.25) is 5.91 Å². The molecule has 1 heterocycles. The molecule has 5 heteroatoms. The zero-order valence-corrected chi connectivity index (χ0v) is 12.6. The first-order valence-corrected chi connectivity index (χ1v) is 7.11. The van der Waals surface area contributed by atoms with Crippen LogP contribution in [0.5, 0.6) is 0 Å². The first-order valence-electron chi connectivity index (χ1n) is 7.11. The van der Waals surface area contributed by atoms with Crippen LogP contribution in [0.25, 0.3) is 0 Å². The number of hydrogen-bond acceptors (Lipinski definition) is 4. The number of rotatable bonds is 6. The third-order valence-corrected chi connectivity index (χ3v) is 3.28. The predicted octanol–water partition coefficient (Wildman–Crippen LogP) is 2.80. The van der Waals surface area contributed by atoms with Gasteiger partial charge < -0.3 is 15.2 Å². The summed E-state index contributed by atoms with van der Waals surface area (Å²) in [7, 11) is 0. The van der Waals surface area contributed by atoms with E-state index >= 15 is 0 Å². The molecule has 0 radical (unpaired) electrons. The van der Waals surface area contributed by atoms with Crippen LogP contribution in [0.1, 0.15) is 30.2 Å². The summed E-state index contributed by atoms with van der Waals surface area (Å²) in [4.78, 5) is 12.2. The standard InChI is InChI=1S/C16H21N3O2/c1-4-14(16(20)18-15-9-12(3)21-19-15)17-10-13-7-5-11(2)6-8-13/h5-9,14,17H,4,10H2,1-3H3,(H,18,19,20). The van der Waals surface area contributed by atoms with Crippen molar-refractivity contribution in [3.8, 4) is 0 Å². The maximum absolute atomic E-state index is 12.2. The fraction of sp³-hybridized carbons (Fsp3) is 0.375. The van der Waals surface area contributed by atoms with Crippen molar-refractivity contribution in [2.75, 3.05) is 5.32 Å². The molecule has 1 aromatic heterocycles. The summed E-state index contributed by atoms with van der Waals surface area (Å²) in [6.07, 6.45) is 0.703. The lowest BCUT2D eigenvalue weighted by molar-refractivity contribution is -0.118. The summed E-state index contributed by atoms with van der Waals surface area (Å²) in [5.74, 6) is 1.02. The van der Waals surface area contributed by atoms with Crippen LogP contribution < -0.4 is 10.6 Å². The molecule has 0 saturated carbocycles. The SMILES string of the molecule is CCC(NCc1ccc(C)cc1)C(=O)Nc1cc(C)on1. The molecule has 0 aliphatic carbocycles. The molecule has 1 unspecified atom stereocenters. The van der Waals surface area contributed by atoms with Crippen LogP contribution in [-0.2, 0) is 11.3 Å². The van der Waals surface area contributed by atoms with Crippen LogP contribution in [0.2, 0.25) is 0 Å². The van der Waals surface area contributed by atoms with Crippen molar-refractivity contribution in [1.82, 2.24) is 10.5 Å². The highest BCUT2D eigenvalue weighted by Crippen LogP contribution is 2.09. The Morgan fingerprint density at radius 2 is 2.00 bits per heavy atom. The highest BCUT2D eigenvalue weighted by atomic mass is 16.5. The van der Waals surface area contributed by atoms with Gasteiger partial charge in [-0.05, 0) is 25.8 Å². The number of amides is 1. The van der Waals surface area contributed by atoms with E-state index in [1.807, 2.05) is 6.92 Å². The second kappa shape index (κ2) is 7.04. The van der Waals surface area contributed by atoms with Gasteiger partial charge in [0.1, 0.15) is 5.76 Å². The van der Waals surface area contributed by atoms with E-state index in [2.05, 4.69) is 47.0 Å². The van der Waals surface area contributed by atoms with Gasteiger partial charge in [0.25, 0.3) is 0 Å². The summed E-state index contributed by atoms with van der Waals surface area (Å²) in [6, 6.07) is 9.70. The highest BCUT2D eigenvalue weighted by Gasteiger charge is 2.17. The smallest absolute Gasteiger partial charge is 0.242 e. The Balaban J connectivity index is 1.89. The van der Waals surface area contributed by atoms with E-state index in [1.165, 1.54) is 5.56 Å². The molecule has 1 aromatic carbocycles. The van der Waals surface area contributed by atoms with Crippen molar-refractivity contribution in [3.63, 3.8) is 0 Å². The minimum absolute atomic E-state index is 0.0992. The van der Waals surface area contributed by atoms with Gasteiger partial charge in [-0.15, -0.1) is 0 Å². The minimum atomic E-state index is -0.261. The Morgan fingerprint density at radius 3 is 2.57 bits per heavy atom. The summed E-state index contributed by atoms with van der Waals surface area (Å²) >= 11 is 0. The van der Waals surface area contributed by atoms with Crippen LogP contribution in [0.15, 0.2) is 34.9 Å². The van der Waals surface area contributed by atoms with Gasteiger partial charge in [-0.1, -0.05) is 41.9 Å². The molecule has 5 nitrogen and oxygen atoms in total. The van der Waals surface area contributed by atoms with Gasteiger partial charge >= 0.3 is 0 Å². The summed E-state index contributed by atoms with van der Waals surface area (Å²) < 4.78 is 4.93. The quantitative estimate of drug-likeness (QED) is 0.857. The van der Waals surface area contributed by atoms with Crippen LogP contribution in [0.3, 0.4) is 0 Å².